The van der Waals surface area contributed by atoms with E-state index in [4.69, 9.17) is 0 Å². The van der Waals surface area contributed by atoms with E-state index in [0.29, 0.717) is 6.04 Å². The SMILES string of the molecule is C=CCCC(C)Nc1ccc(C)nc1C. The molecule has 0 radical (unpaired) electrons. The van der Waals surface area contributed by atoms with Crippen molar-refractivity contribution in [2.24, 2.45) is 0 Å². The number of hydrogen-bond acceptors (Lipinski definition) is 2. The third-order valence-electron chi connectivity index (χ3n) is 2.43. The first-order valence-corrected chi connectivity index (χ1v) is 5.45. The molecule has 0 spiro atoms. The van der Waals surface area contributed by atoms with Gasteiger partial charge in [0.05, 0.1) is 11.4 Å². The van der Waals surface area contributed by atoms with E-state index in [9.17, 15) is 0 Å². The molecule has 1 aromatic rings. The van der Waals surface area contributed by atoms with E-state index >= 15 is 0 Å². The number of rotatable bonds is 5. The Labute approximate surface area is 92.4 Å². The van der Waals surface area contributed by atoms with Crippen LogP contribution in [0.15, 0.2) is 24.8 Å². The summed E-state index contributed by atoms with van der Waals surface area (Å²) in [6.07, 6.45) is 4.11. The molecule has 1 aromatic heterocycles. The second-order valence-electron chi connectivity index (χ2n) is 4.00. The number of pyridine rings is 1. The van der Waals surface area contributed by atoms with Crippen LogP contribution in [0.2, 0.25) is 0 Å². The van der Waals surface area contributed by atoms with Crippen LogP contribution in [0, 0.1) is 13.8 Å². The van der Waals surface area contributed by atoms with Gasteiger partial charge in [0.25, 0.3) is 0 Å². The lowest BCUT2D eigenvalue weighted by molar-refractivity contribution is 0.717. The highest BCUT2D eigenvalue weighted by atomic mass is 14.9. The fourth-order valence-corrected chi connectivity index (χ4v) is 1.54. The second-order valence-corrected chi connectivity index (χ2v) is 4.00. The zero-order valence-corrected chi connectivity index (χ0v) is 9.88. The van der Waals surface area contributed by atoms with Gasteiger partial charge < -0.3 is 5.32 Å². The molecule has 1 rings (SSSR count). The van der Waals surface area contributed by atoms with Gasteiger partial charge in [0, 0.05) is 11.7 Å². The lowest BCUT2D eigenvalue weighted by Gasteiger charge is -2.16. The third-order valence-corrected chi connectivity index (χ3v) is 2.43. The van der Waals surface area contributed by atoms with Crippen LogP contribution in [0.25, 0.3) is 0 Å². The van der Waals surface area contributed by atoms with Gasteiger partial charge in [-0.15, -0.1) is 6.58 Å². The Hall–Kier alpha value is -1.31. The zero-order valence-electron chi connectivity index (χ0n) is 9.88. The highest BCUT2D eigenvalue weighted by Crippen LogP contribution is 2.15. The molecule has 1 unspecified atom stereocenters. The van der Waals surface area contributed by atoms with E-state index in [-0.39, 0.29) is 0 Å². The van der Waals surface area contributed by atoms with Crippen molar-refractivity contribution in [1.82, 2.24) is 4.98 Å². The maximum Gasteiger partial charge on any atom is 0.0606 e. The van der Waals surface area contributed by atoms with Crippen LogP contribution in [-0.4, -0.2) is 11.0 Å². The second kappa shape index (κ2) is 5.54. The standard InChI is InChI=1S/C13H20N2/c1-5-6-7-10(2)15-13-9-8-11(3)14-12(13)4/h5,8-10,15H,1,6-7H2,2-4H3. The molecule has 0 saturated heterocycles. The minimum absolute atomic E-state index is 0.464. The fourth-order valence-electron chi connectivity index (χ4n) is 1.54. The van der Waals surface area contributed by atoms with Crippen molar-refractivity contribution in [2.75, 3.05) is 5.32 Å². The van der Waals surface area contributed by atoms with Gasteiger partial charge in [-0.1, -0.05) is 6.08 Å². The molecule has 0 saturated carbocycles. The van der Waals surface area contributed by atoms with Gasteiger partial charge >= 0.3 is 0 Å². The molecule has 82 valence electrons. The number of hydrogen-bond donors (Lipinski definition) is 1. The highest BCUT2D eigenvalue weighted by molar-refractivity contribution is 5.48. The monoisotopic (exact) mass is 204 g/mol. The highest BCUT2D eigenvalue weighted by Gasteiger charge is 2.03. The first kappa shape index (κ1) is 11.8. The van der Waals surface area contributed by atoms with E-state index < -0.39 is 0 Å². The summed E-state index contributed by atoms with van der Waals surface area (Å²) in [5.74, 6) is 0. The van der Waals surface area contributed by atoms with Gasteiger partial charge in [0.2, 0.25) is 0 Å². The Morgan fingerprint density at radius 3 is 2.80 bits per heavy atom. The molecular weight excluding hydrogens is 184 g/mol. The van der Waals surface area contributed by atoms with Crippen molar-refractivity contribution in [3.63, 3.8) is 0 Å². The average molecular weight is 204 g/mol. The molecular formula is C13H20N2. The minimum Gasteiger partial charge on any atom is -0.381 e. The number of aromatic nitrogens is 1. The molecule has 1 atom stereocenters. The van der Waals surface area contributed by atoms with Crippen LogP contribution in [0.5, 0.6) is 0 Å². The number of nitrogens with zero attached hydrogens (tertiary/aromatic N) is 1. The van der Waals surface area contributed by atoms with Gasteiger partial charge in [-0.25, -0.2) is 0 Å². The molecule has 0 aliphatic heterocycles. The van der Waals surface area contributed by atoms with Crippen LogP contribution in [0.4, 0.5) is 5.69 Å². The average Bonchev–Trinajstić information content (AvgIpc) is 2.19. The normalized spacial score (nSPS) is 12.2. The van der Waals surface area contributed by atoms with Crippen molar-refractivity contribution < 1.29 is 0 Å². The van der Waals surface area contributed by atoms with Crippen molar-refractivity contribution in [3.8, 4) is 0 Å². The summed E-state index contributed by atoms with van der Waals surface area (Å²) in [5, 5.41) is 3.46. The topological polar surface area (TPSA) is 24.9 Å². The predicted molar refractivity (Wildman–Crippen MR) is 66.2 cm³/mol. The largest absolute Gasteiger partial charge is 0.381 e. The Morgan fingerprint density at radius 1 is 1.47 bits per heavy atom. The first-order chi connectivity index (χ1) is 7.13. The zero-order chi connectivity index (χ0) is 11.3. The summed E-state index contributed by atoms with van der Waals surface area (Å²) in [6, 6.07) is 4.60. The minimum atomic E-state index is 0.464. The summed E-state index contributed by atoms with van der Waals surface area (Å²) in [7, 11) is 0. The van der Waals surface area contributed by atoms with Gasteiger partial charge in [0.1, 0.15) is 0 Å². The third kappa shape index (κ3) is 3.74. The van der Waals surface area contributed by atoms with Gasteiger partial charge in [-0.05, 0) is 45.7 Å². The Balaban J connectivity index is 2.59. The van der Waals surface area contributed by atoms with Crippen LogP contribution in [0.1, 0.15) is 31.2 Å². The van der Waals surface area contributed by atoms with Crippen LogP contribution in [-0.2, 0) is 0 Å². The van der Waals surface area contributed by atoms with E-state index in [1.165, 1.54) is 0 Å². The van der Waals surface area contributed by atoms with E-state index in [0.717, 1.165) is 29.9 Å². The molecule has 1 heterocycles. The summed E-state index contributed by atoms with van der Waals surface area (Å²) >= 11 is 0. The maximum absolute atomic E-state index is 4.42. The van der Waals surface area contributed by atoms with Crippen molar-refractivity contribution >= 4 is 5.69 Å². The molecule has 1 N–H and O–H groups in total. The maximum atomic E-state index is 4.42. The van der Waals surface area contributed by atoms with Crippen LogP contribution >= 0.6 is 0 Å². The molecule has 2 heteroatoms. The predicted octanol–water partition coefficient (Wildman–Crippen LogP) is 3.47. The first-order valence-electron chi connectivity index (χ1n) is 5.45. The Morgan fingerprint density at radius 2 is 2.20 bits per heavy atom. The number of nitrogens with one attached hydrogen (secondary N) is 1. The summed E-state index contributed by atoms with van der Waals surface area (Å²) in [4.78, 5) is 4.42. The molecule has 0 amide bonds. The molecule has 0 bridgehead atoms. The molecule has 0 aliphatic carbocycles. The summed E-state index contributed by atoms with van der Waals surface area (Å²) < 4.78 is 0. The van der Waals surface area contributed by atoms with Crippen LogP contribution < -0.4 is 5.32 Å². The van der Waals surface area contributed by atoms with Gasteiger partial charge in [-0.2, -0.15) is 0 Å². The van der Waals surface area contributed by atoms with Gasteiger partial charge in [0.15, 0.2) is 0 Å². The quantitative estimate of drug-likeness (QED) is 0.743. The summed E-state index contributed by atoms with van der Waals surface area (Å²) in [6.45, 7) is 9.96. The van der Waals surface area contributed by atoms with Gasteiger partial charge in [-0.3, -0.25) is 4.98 Å². The smallest absolute Gasteiger partial charge is 0.0606 e. The van der Waals surface area contributed by atoms with E-state index in [2.05, 4.69) is 29.9 Å². The Kier molecular flexibility index (Phi) is 4.35. The van der Waals surface area contributed by atoms with E-state index in [1.807, 2.05) is 26.0 Å². The number of allylic oxidation sites excluding steroid dienone is 1. The lowest BCUT2D eigenvalue weighted by Crippen LogP contribution is -2.15. The molecule has 0 aliphatic rings. The molecule has 0 aromatic carbocycles. The molecule has 0 fully saturated rings. The van der Waals surface area contributed by atoms with Crippen molar-refractivity contribution in [2.45, 2.75) is 39.7 Å². The van der Waals surface area contributed by atoms with Crippen molar-refractivity contribution in [1.29, 1.82) is 0 Å². The van der Waals surface area contributed by atoms with Crippen LogP contribution in [0.3, 0.4) is 0 Å². The van der Waals surface area contributed by atoms with E-state index in [1.54, 1.807) is 0 Å². The molecule has 15 heavy (non-hydrogen) atoms. The lowest BCUT2D eigenvalue weighted by atomic mass is 10.1. The summed E-state index contributed by atoms with van der Waals surface area (Å²) in [5.41, 5.74) is 3.27. The fraction of sp³-hybridized carbons (Fsp3) is 0.462. The number of aryl methyl sites for hydroxylation is 2. The molecule has 2 nitrogen and oxygen atoms in total. The Bertz CT molecular complexity index is 331. The number of anilines is 1. The van der Waals surface area contributed by atoms with Crippen molar-refractivity contribution in [3.05, 3.63) is 36.2 Å².